The molecule has 0 aliphatic carbocycles. The van der Waals surface area contributed by atoms with Crippen molar-refractivity contribution >= 4 is 10.9 Å². The molecule has 0 spiro atoms. The lowest BCUT2D eigenvalue weighted by molar-refractivity contribution is 0.478. The van der Waals surface area contributed by atoms with Crippen molar-refractivity contribution in [3.8, 4) is 11.5 Å². The Balaban J connectivity index is 1.91. The van der Waals surface area contributed by atoms with E-state index in [2.05, 4.69) is 27.4 Å². The number of nitrogens with zero attached hydrogens (tertiary/aromatic N) is 3. The van der Waals surface area contributed by atoms with E-state index < -0.39 is 0 Å². The predicted octanol–water partition coefficient (Wildman–Crippen LogP) is 2.78. The van der Waals surface area contributed by atoms with E-state index in [1.165, 1.54) is 0 Å². The van der Waals surface area contributed by atoms with Crippen molar-refractivity contribution in [1.29, 1.82) is 0 Å². The molecule has 1 aromatic carbocycles. The Morgan fingerprint density at radius 2 is 2.05 bits per heavy atom. The molecule has 3 aromatic rings. The smallest absolute Gasteiger partial charge is 0.250 e. The number of rotatable bonds is 5. The molecule has 5 nitrogen and oxygen atoms in total. The summed E-state index contributed by atoms with van der Waals surface area (Å²) < 4.78 is 5.70. The van der Waals surface area contributed by atoms with Crippen LogP contribution in [0.1, 0.15) is 19.2 Å². The van der Waals surface area contributed by atoms with Crippen molar-refractivity contribution in [2.75, 3.05) is 6.54 Å². The molecular formula is C15H16N4O. The highest BCUT2D eigenvalue weighted by molar-refractivity contribution is 5.91. The Morgan fingerprint density at radius 3 is 2.95 bits per heavy atom. The van der Waals surface area contributed by atoms with Gasteiger partial charge in [-0.25, -0.2) is 0 Å². The first-order valence-electron chi connectivity index (χ1n) is 6.75. The minimum atomic E-state index is 0.516. The fourth-order valence-electron chi connectivity index (χ4n) is 2.08. The molecule has 1 N–H and O–H groups in total. The number of aromatic nitrogens is 3. The fourth-order valence-corrected chi connectivity index (χ4v) is 2.08. The Bertz CT molecular complexity index is 702. The number of benzene rings is 1. The molecule has 102 valence electrons. The second-order valence-corrected chi connectivity index (χ2v) is 4.56. The molecule has 0 amide bonds. The zero-order valence-corrected chi connectivity index (χ0v) is 11.3. The van der Waals surface area contributed by atoms with Gasteiger partial charge in [-0.3, -0.25) is 4.98 Å². The molecule has 2 heterocycles. The molecule has 0 radical (unpaired) electrons. The Morgan fingerprint density at radius 1 is 1.15 bits per heavy atom. The van der Waals surface area contributed by atoms with Crippen molar-refractivity contribution < 1.29 is 4.42 Å². The van der Waals surface area contributed by atoms with Gasteiger partial charge >= 0.3 is 0 Å². The first-order valence-corrected chi connectivity index (χ1v) is 6.75. The Labute approximate surface area is 117 Å². The first-order chi connectivity index (χ1) is 9.88. The largest absolute Gasteiger partial charge is 0.419 e. The highest BCUT2D eigenvalue weighted by Crippen LogP contribution is 2.25. The molecule has 20 heavy (non-hydrogen) atoms. The average Bonchev–Trinajstić information content (AvgIpc) is 2.96. The van der Waals surface area contributed by atoms with E-state index >= 15 is 0 Å². The lowest BCUT2D eigenvalue weighted by atomic mass is 10.1. The SMILES string of the molecule is CCCNCc1nnc(-c2cccc3cccnc23)o1. The molecule has 3 rings (SSSR count). The van der Waals surface area contributed by atoms with E-state index in [9.17, 15) is 0 Å². The van der Waals surface area contributed by atoms with Crippen LogP contribution in [-0.4, -0.2) is 21.7 Å². The van der Waals surface area contributed by atoms with Gasteiger partial charge in [0.1, 0.15) is 0 Å². The fraction of sp³-hybridized carbons (Fsp3) is 0.267. The summed E-state index contributed by atoms with van der Waals surface area (Å²) in [4.78, 5) is 4.40. The van der Waals surface area contributed by atoms with Crippen LogP contribution in [0.2, 0.25) is 0 Å². The van der Waals surface area contributed by atoms with Crippen molar-refractivity contribution in [2.45, 2.75) is 19.9 Å². The summed E-state index contributed by atoms with van der Waals surface area (Å²) >= 11 is 0. The van der Waals surface area contributed by atoms with E-state index in [0.717, 1.165) is 29.4 Å². The summed E-state index contributed by atoms with van der Waals surface area (Å²) in [6.45, 7) is 3.65. The molecule has 0 bridgehead atoms. The van der Waals surface area contributed by atoms with E-state index in [-0.39, 0.29) is 0 Å². The van der Waals surface area contributed by atoms with E-state index in [1.54, 1.807) is 6.20 Å². The van der Waals surface area contributed by atoms with Crippen molar-refractivity contribution in [3.63, 3.8) is 0 Å². The van der Waals surface area contributed by atoms with Gasteiger partial charge in [0.15, 0.2) is 0 Å². The lowest BCUT2D eigenvalue weighted by Crippen LogP contribution is -2.13. The second-order valence-electron chi connectivity index (χ2n) is 4.56. The van der Waals surface area contributed by atoms with Gasteiger partial charge in [-0.05, 0) is 25.1 Å². The number of fused-ring (bicyclic) bond motifs is 1. The van der Waals surface area contributed by atoms with Crippen LogP contribution in [0.15, 0.2) is 40.9 Å². The summed E-state index contributed by atoms with van der Waals surface area (Å²) in [5.74, 6) is 1.11. The van der Waals surface area contributed by atoms with Gasteiger partial charge in [0.05, 0.1) is 17.6 Å². The van der Waals surface area contributed by atoms with Crippen molar-refractivity contribution in [3.05, 3.63) is 42.4 Å². The Kier molecular flexibility index (Phi) is 3.69. The third kappa shape index (κ3) is 2.53. The van der Waals surface area contributed by atoms with Crippen LogP contribution in [0.3, 0.4) is 0 Å². The minimum absolute atomic E-state index is 0.516. The van der Waals surface area contributed by atoms with Crippen molar-refractivity contribution in [2.24, 2.45) is 0 Å². The average molecular weight is 268 g/mol. The van der Waals surface area contributed by atoms with Crippen molar-refractivity contribution in [1.82, 2.24) is 20.5 Å². The maximum absolute atomic E-state index is 5.70. The molecule has 0 aliphatic heterocycles. The van der Waals surface area contributed by atoms with Gasteiger partial charge < -0.3 is 9.73 Å². The molecule has 0 unspecified atom stereocenters. The van der Waals surface area contributed by atoms with E-state index in [0.29, 0.717) is 18.3 Å². The number of nitrogens with one attached hydrogen (secondary N) is 1. The van der Waals surface area contributed by atoms with Crippen LogP contribution in [0, 0.1) is 0 Å². The molecule has 0 saturated heterocycles. The maximum Gasteiger partial charge on any atom is 0.250 e. The summed E-state index contributed by atoms with van der Waals surface area (Å²) in [5.41, 5.74) is 1.75. The third-order valence-corrected chi connectivity index (χ3v) is 3.03. The highest BCUT2D eigenvalue weighted by atomic mass is 16.4. The van der Waals surface area contributed by atoms with Gasteiger partial charge in [-0.15, -0.1) is 10.2 Å². The zero-order valence-electron chi connectivity index (χ0n) is 11.3. The predicted molar refractivity (Wildman–Crippen MR) is 77.0 cm³/mol. The molecule has 0 aliphatic rings. The van der Waals surface area contributed by atoms with E-state index in [1.807, 2.05) is 30.3 Å². The van der Waals surface area contributed by atoms with Gasteiger partial charge in [0.25, 0.3) is 0 Å². The molecule has 0 fully saturated rings. The minimum Gasteiger partial charge on any atom is -0.419 e. The van der Waals surface area contributed by atoms with Crippen LogP contribution >= 0.6 is 0 Å². The lowest BCUT2D eigenvalue weighted by Gasteiger charge is -2.01. The van der Waals surface area contributed by atoms with Gasteiger partial charge in [0.2, 0.25) is 11.8 Å². The number of hydrogen-bond donors (Lipinski definition) is 1. The van der Waals surface area contributed by atoms with Gasteiger partial charge in [0, 0.05) is 11.6 Å². The molecular weight excluding hydrogens is 252 g/mol. The molecule has 5 heteroatoms. The van der Waals surface area contributed by atoms with Crippen LogP contribution < -0.4 is 5.32 Å². The Hall–Kier alpha value is -2.27. The first kappa shape index (κ1) is 12.7. The third-order valence-electron chi connectivity index (χ3n) is 3.03. The topological polar surface area (TPSA) is 63.8 Å². The van der Waals surface area contributed by atoms with Crippen LogP contribution in [0.4, 0.5) is 0 Å². The summed E-state index contributed by atoms with van der Waals surface area (Å²) in [6, 6.07) is 9.88. The maximum atomic E-state index is 5.70. The normalized spacial score (nSPS) is 11.1. The van der Waals surface area contributed by atoms with Gasteiger partial charge in [-0.2, -0.15) is 0 Å². The number of pyridine rings is 1. The monoisotopic (exact) mass is 268 g/mol. The van der Waals surface area contributed by atoms with Crippen LogP contribution in [0.25, 0.3) is 22.4 Å². The van der Waals surface area contributed by atoms with Gasteiger partial charge in [-0.1, -0.05) is 25.1 Å². The highest BCUT2D eigenvalue weighted by Gasteiger charge is 2.11. The summed E-state index contributed by atoms with van der Waals surface area (Å²) in [7, 11) is 0. The van der Waals surface area contributed by atoms with Crippen LogP contribution in [0.5, 0.6) is 0 Å². The molecule has 0 saturated carbocycles. The second kappa shape index (κ2) is 5.79. The molecule has 0 atom stereocenters. The zero-order chi connectivity index (χ0) is 13.8. The number of para-hydroxylation sites is 1. The summed E-state index contributed by atoms with van der Waals surface area (Å²) in [5, 5.41) is 12.5. The van der Waals surface area contributed by atoms with Crippen LogP contribution in [-0.2, 0) is 6.54 Å². The van der Waals surface area contributed by atoms with E-state index in [4.69, 9.17) is 4.42 Å². The number of hydrogen-bond acceptors (Lipinski definition) is 5. The standard InChI is InChI=1S/C15H16N4O/c1-2-8-16-10-13-18-19-15(20-13)12-7-3-5-11-6-4-9-17-14(11)12/h3-7,9,16H,2,8,10H2,1H3. The quantitative estimate of drug-likeness (QED) is 0.721. The summed E-state index contributed by atoms with van der Waals surface area (Å²) in [6.07, 6.45) is 2.85. The molecule has 2 aromatic heterocycles.